The number of nitrogens with one attached hydrogen (secondary N) is 2. The number of amides is 2. The number of benzene rings is 1. The van der Waals surface area contributed by atoms with Gasteiger partial charge in [-0.1, -0.05) is 12.1 Å². The molecule has 0 radical (unpaired) electrons. The number of carbonyl (C=O) groups is 1. The van der Waals surface area contributed by atoms with Crippen LogP contribution in [0.4, 0.5) is 9.18 Å². The second-order valence-electron chi connectivity index (χ2n) is 5.23. The summed E-state index contributed by atoms with van der Waals surface area (Å²) < 4.78 is 13.6. The molecule has 0 aromatic heterocycles. The van der Waals surface area contributed by atoms with Crippen LogP contribution >= 0.6 is 0 Å². The van der Waals surface area contributed by atoms with E-state index in [9.17, 15) is 9.18 Å². The van der Waals surface area contributed by atoms with Crippen molar-refractivity contribution < 1.29 is 14.3 Å². The molecule has 0 saturated heterocycles. The number of hydrogen-bond acceptors (Lipinski definition) is 2. The molecule has 2 atom stereocenters. The summed E-state index contributed by atoms with van der Waals surface area (Å²) >= 11 is 0. The van der Waals surface area contributed by atoms with Gasteiger partial charge in [0.15, 0.2) is 0 Å². The molecule has 5 heteroatoms. The van der Waals surface area contributed by atoms with Crippen molar-refractivity contribution in [2.75, 3.05) is 6.54 Å². The number of aliphatic hydroxyl groups is 1. The predicted octanol–water partition coefficient (Wildman–Crippen LogP) is 2.57. The predicted molar refractivity (Wildman–Crippen MR) is 77.1 cm³/mol. The first-order valence-electron chi connectivity index (χ1n) is 6.80. The third kappa shape index (κ3) is 4.81. The van der Waals surface area contributed by atoms with Gasteiger partial charge in [0.1, 0.15) is 5.82 Å². The molecule has 0 spiro atoms. The van der Waals surface area contributed by atoms with Crippen LogP contribution in [0.25, 0.3) is 0 Å². The minimum absolute atomic E-state index is 0.206. The average molecular weight is 282 g/mol. The van der Waals surface area contributed by atoms with Crippen molar-refractivity contribution in [3.05, 3.63) is 34.6 Å². The molecule has 1 rings (SSSR count). The molecule has 2 amide bonds. The van der Waals surface area contributed by atoms with Crippen molar-refractivity contribution in [1.29, 1.82) is 0 Å². The second kappa shape index (κ2) is 7.24. The number of hydrogen-bond donors (Lipinski definition) is 3. The maximum Gasteiger partial charge on any atom is 0.315 e. The number of halogens is 1. The second-order valence-corrected chi connectivity index (χ2v) is 5.23. The van der Waals surface area contributed by atoms with Crippen LogP contribution in [0.15, 0.2) is 12.1 Å². The minimum atomic E-state index is -0.435. The Morgan fingerprint density at radius 1 is 1.30 bits per heavy atom. The third-order valence-corrected chi connectivity index (χ3v) is 3.15. The lowest BCUT2D eigenvalue weighted by Gasteiger charge is -2.17. The first-order chi connectivity index (χ1) is 9.31. The first kappa shape index (κ1) is 16.4. The summed E-state index contributed by atoms with van der Waals surface area (Å²) in [7, 11) is 0. The van der Waals surface area contributed by atoms with Crippen LogP contribution in [-0.2, 0) is 0 Å². The zero-order valence-corrected chi connectivity index (χ0v) is 12.5. The summed E-state index contributed by atoms with van der Waals surface area (Å²) in [5.41, 5.74) is 2.01. The lowest BCUT2D eigenvalue weighted by molar-refractivity contribution is 0.183. The maximum absolute atomic E-state index is 13.6. The quantitative estimate of drug-likeness (QED) is 0.777. The molecule has 0 aliphatic rings. The number of urea groups is 1. The molecule has 0 fully saturated rings. The molecule has 0 bridgehead atoms. The molecule has 0 aliphatic heterocycles. The van der Waals surface area contributed by atoms with Crippen molar-refractivity contribution in [2.24, 2.45) is 0 Å². The van der Waals surface area contributed by atoms with E-state index < -0.39 is 6.10 Å². The summed E-state index contributed by atoms with van der Waals surface area (Å²) in [6.07, 6.45) is 0.0754. The van der Waals surface area contributed by atoms with Gasteiger partial charge in [0.2, 0.25) is 0 Å². The lowest BCUT2D eigenvalue weighted by Crippen LogP contribution is -2.38. The van der Waals surface area contributed by atoms with E-state index in [0.29, 0.717) is 24.1 Å². The van der Waals surface area contributed by atoms with E-state index in [1.54, 1.807) is 32.9 Å². The summed E-state index contributed by atoms with van der Waals surface area (Å²) in [6, 6.07) is 2.98. The monoisotopic (exact) mass is 282 g/mol. The molecule has 0 heterocycles. The van der Waals surface area contributed by atoms with Crippen LogP contribution < -0.4 is 10.6 Å². The van der Waals surface area contributed by atoms with E-state index in [-0.39, 0.29) is 17.9 Å². The smallest absolute Gasteiger partial charge is 0.315 e. The zero-order valence-electron chi connectivity index (χ0n) is 12.5. The molecule has 20 heavy (non-hydrogen) atoms. The van der Waals surface area contributed by atoms with Crippen LogP contribution in [0.5, 0.6) is 0 Å². The first-order valence-corrected chi connectivity index (χ1v) is 6.80. The average Bonchev–Trinajstić information content (AvgIpc) is 2.34. The van der Waals surface area contributed by atoms with E-state index in [1.807, 2.05) is 6.92 Å². The van der Waals surface area contributed by atoms with Crippen molar-refractivity contribution in [3.8, 4) is 0 Å². The van der Waals surface area contributed by atoms with Gasteiger partial charge in [-0.25, -0.2) is 9.18 Å². The lowest BCUT2D eigenvalue weighted by atomic mass is 10.0. The standard InChI is InChI=1S/C15H23FN2O2/c1-9-7-13(8-10(2)14(9)16)12(4)18-15(20)17-6-5-11(3)19/h7-8,11-12,19H,5-6H2,1-4H3,(H2,17,18,20). The van der Waals surface area contributed by atoms with Gasteiger partial charge in [0.05, 0.1) is 12.1 Å². The molecule has 1 aromatic carbocycles. The SMILES string of the molecule is Cc1cc(C(C)NC(=O)NCCC(C)O)cc(C)c1F. The topological polar surface area (TPSA) is 61.4 Å². The molecular weight excluding hydrogens is 259 g/mol. The van der Waals surface area contributed by atoms with Crippen LogP contribution in [0.3, 0.4) is 0 Å². The van der Waals surface area contributed by atoms with E-state index >= 15 is 0 Å². The maximum atomic E-state index is 13.6. The molecule has 0 saturated carbocycles. The Morgan fingerprint density at radius 3 is 2.35 bits per heavy atom. The Morgan fingerprint density at radius 2 is 1.85 bits per heavy atom. The normalized spacial score (nSPS) is 13.7. The van der Waals surface area contributed by atoms with Gasteiger partial charge in [-0.2, -0.15) is 0 Å². The van der Waals surface area contributed by atoms with Crippen molar-refractivity contribution >= 4 is 6.03 Å². The number of rotatable bonds is 5. The highest BCUT2D eigenvalue weighted by Gasteiger charge is 2.12. The highest BCUT2D eigenvalue weighted by molar-refractivity contribution is 5.74. The fourth-order valence-electron chi connectivity index (χ4n) is 1.95. The molecule has 2 unspecified atom stereocenters. The van der Waals surface area contributed by atoms with Crippen LogP contribution in [-0.4, -0.2) is 23.8 Å². The minimum Gasteiger partial charge on any atom is -0.393 e. The van der Waals surface area contributed by atoms with Crippen LogP contribution in [0, 0.1) is 19.7 Å². The van der Waals surface area contributed by atoms with Gasteiger partial charge in [0, 0.05) is 6.54 Å². The Hall–Kier alpha value is -1.62. The Kier molecular flexibility index (Phi) is 5.95. The summed E-state index contributed by atoms with van der Waals surface area (Å²) in [5, 5.41) is 14.6. The molecule has 0 aliphatic carbocycles. The summed E-state index contributed by atoms with van der Waals surface area (Å²) in [4.78, 5) is 11.7. The number of carbonyl (C=O) groups excluding carboxylic acids is 1. The Balaban J connectivity index is 2.58. The Bertz CT molecular complexity index is 452. The fraction of sp³-hybridized carbons (Fsp3) is 0.533. The molecule has 1 aromatic rings. The molecule has 112 valence electrons. The van der Waals surface area contributed by atoms with Gasteiger partial charge >= 0.3 is 6.03 Å². The largest absolute Gasteiger partial charge is 0.393 e. The van der Waals surface area contributed by atoms with E-state index in [0.717, 1.165) is 5.56 Å². The van der Waals surface area contributed by atoms with Gasteiger partial charge in [-0.15, -0.1) is 0 Å². The zero-order chi connectivity index (χ0) is 15.3. The van der Waals surface area contributed by atoms with Gasteiger partial charge < -0.3 is 15.7 Å². The van der Waals surface area contributed by atoms with E-state index in [1.165, 1.54) is 0 Å². The Labute approximate surface area is 119 Å². The highest BCUT2D eigenvalue weighted by Crippen LogP contribution is 2.19. The van der Waals surface area contributed by atoms with Crippen molar-refractivity contribution in [1.82, 2.24) is 10.6 Å². The van der Waals surface area contributed by atoms with Gasteiger partial charge in [-0.05, 0) is 50.8 Å². The molecular formula is C15H23FN2O2. The number of aliphatic hydroxyl groups excluding tert-OH is 1. The summed E-state index contributed by atoms with van der Waals surface area (Å²) in [5.74, 6) is -0.206. The number of aryl methyl sites for hydroxylation is 2. The highest BCUT2D eigenvalue weighted by atomic mass is 19.1. The molecule has 4 nitrogen and oxygen atoms in total. The molecule has 3 N–H and O–H groups in total. The van der Waals surface area contributed by atoms with E-state index in [2.05, 4.69) is 10.6 Å². The van der Waals surface area contributed by atoms with Gasteiger partial charge in [0.25, 0.3) is 0 Å². The van der Waals surface area contributed by atoms with Crippen molar-refractivity contribution in [3.63, 3.8) is 0 Å². The van der Waals surface area contributed by atoms with Gasteiger partial charge in [-0.3, -0.25) is 0 Å². The van der Waals surface area contributed by atoms with Crippen LogP contribution in [0.2, 0.25) is 0 Å². The van der Waals surface area contributed by atoms with Crippen LogP contribution in [0.1, 0.15) is 43.0 Å². The van der Waals surface area contributed by atoms with Crippen molar-refractivity contribution in [2.45, 2.75) is 46.3 Å². The summed E-state index contributed by atoms with van der Waals surface area (Å²) in [6.45, 7) is 7.35. The van der Waals surface area contributed by atoms with E-state index in [4.69, 9.17) is 5.11 Å². The fourth-order valence-corrected chi connectivity index (χ4v) is 1.95. The third-order valence-electron chi connectivity index (χ3n) is 3.15.